The molecule has 2 bridgehead atoms. The van der Waals surface area contributed by atoms with Gasteiger partial charge in [-0.15, -0.1) is 81.2 Å². The molecule has 2 aliphatic rings. The lowest BCUT2D eigenvalue weighted by molar-refractivity contribution is 0.134. The maximum atomic E-state index is 6.47. The maximum absolute atomic E-state index is 6.47. The van der Waals surface area contributed by atoms with E-state index in [0.717, 1.165) is 0 Å². The number of halogens is 9. The molecule has 0 aromatic carbocycles. The number of hydrogen-bond donors (Lipinski definition) is 0. The zero-order chi connectivity index (χ0) is 14.8. The Balaban J connectivity index is 2.63. The van der Waals surface area contributed by atoms with Crippen molar-refractivity contribution in [2.45, 2.75) is 18.9 Å². The fraction of sp³-hybridized carbons (Fsp3) is 1.00. The Kier molecular flexibility index (Phi) is 5.30. The molecule has 2 aliphatic carbocycles. The first-order valence-electron chi connectivity index (χ1n) is 5.39. The fourth-order valence-corrected chi connectivity index (χ4v) is 8.54. The Morgan fingerprint density at radius 3 is 1.79 bits per heavy atom. The van der Waals surface area contributed by atoms with Crippen LogP contribution in [0.1, 0.15) is 0 Å². The first-order chi connectivity index (χ1) is 8.60. The van der Waals surface area contributed by atoms with E-state index in [0.29, 0.717) is 0 Å². The van der Waals surface area contributed by atoms with Crippen molar-refractivity contribution in [1.29, 1.82) is 0 Å². The minimum absolute atomic E-state index is 0.123. The third-order valence-corrected chi connectivity index (χ3v) is 8.69. The molecule has 0 heterocycles. The van der Waals surface area contributed by atoms with Crippen LogP contribution in [0.25, 0.3) is 0 Å². The summed E-state index contributed by atoms with van der Waals surface area (Å²) >= 11 is 56.5. The molecule has 0 amide bonds. The van der Waals surface area contributed by atoms with E-state index in [9.17, 15) is 0 Å². The summed E-state index contributed by atoms with van der Waals surface area (Å²) in [4.78, 5) is -0.827. The standard InChI is InChI=1S/C10H9Cl9/c11-1-3-4-9(16,17)5(6(13)10(4,18)19)8(3,2-12)7(14)15/h3-7H,1-2H2. The van der Waals surface area contributed by atoms with E-state index in [-0.39, 0.29) is 17.7 Å². The van der Waals surface area contributed by atoms with Gasteiger partial charge in [0.05, 0.1) is 5.38 Å². The van der Waals surface area contributed by atoms with Gasteiger partial charge in [-0.3, -0.25) is 0 Å². The van der Waals surface area contributed by atoms with Gasteiger partial charge in [0.2, 0.25) is 0 Å². The van der Waals surface area contributed by atoms with Crippen LogP contribution in [0.2, 0.25) is 0 Å². The molecule has 2 saturated carbocycles. The average Bonchev–Trinajstić information content (AvgIpc) is 2.58. The molecule has 0 N–H and O–H groups in total. The monoisotopic (exact) mass is 444 g/mol. The Labute approximate surface area is 157 Å². The molecule has 0 aromatic heterocycles. The highest BCUT2D eigenvalue weighted by molar-refractivity contribution is 6.58. The lowest BCUT2D eigenvalue weighted by Crippen LogP contribution is -2.54. The second-order valence-corrected chi connectivity index (χ2v) is 10.0. The summed E-state index contributed by atoms with van der Waals surface area (Å²) in [5, 5.41) is -0.714. The van der Waals surface area contributed by atoms with Crippen molar-refractivity contribution in [3.8, 4) is 0 Å². The number of rotatable bonds is 3. The van der Waals surface area contributed by atoms with E-state index in [1.54, 1.807) is 0 Å². The zero-order valence-electron chi connectivity index (χ0n) is 9.20. The van der Waals surface area contributed by atoms with Crippen molar-refractivity contribution in [2.75, 3.05) is 11.8 Å². The van der Waals surface area contributed by atoms with Gasteiger partial charge in [0.15, 0.2) is 0 Å². The smallest absolute Gasteiger partial charge is 0.126 e. The van der Waals surface area contributed by atoms with Crippen LogP contribution < -0.4 is 0 Å². The van der Waals surface area contributed by atoms with Gasteiger partial charge in [0, 0.05) is 29.0 Å². The van der Waals surface area contributed by atoms with E-state index < -0.39 is 36.1 Å². The topological polar surface area (TPSA) is 0 Å². The highest BCUT2D eigenvalue weighted by Gasteiger charge is 2.81. The number of hydrogen-bond acceptors (Lipinski definition) is 0. The lowest BCUT2D eigenvalue weighted by atomic mass is 9.68. The van der Waals surface area contributed by atoms with E-state index in [1.165, 1.54) is 0 Å². The molecule has 9 heteroatoms. The van der Waals surface area contributed by atoms with Crippen LogP contribution in [-0.2, 0) is 0 Å². The van der Waals surface area contributed by atoms with E-state index in [1.807, 2.05) is 0 Å². The van der Waals surface area contributed by atoms with Crippen molar-refractivity contribution in [3.05, 3.63) is 0 Å². The minimum atomic E-state index is -1.30. The summed E-state index contributed by atoms with van der Waals surface area (Å²) in [5.74, 6) is -1.12. The van der Waals surface area contributed by atoms with Gasteiger partial charge in [-0.25, -0.2) is 0 Å². The van der Waals surface area contributed by atoms with Crippen LogP contribution in [0.5, 0.6) is 0 Å². The lowest BCUT2D eigenvalue weighted by Gasteiger charge is -2.48. The van der Waals surface area contributed by atoms with Crippen LogP contribution >= 0.6 is 104 Å². The van der Waals surface area contributed by atoms with Crippen molar-refractivity contribution < 1.29 is 0 Å². The third-order valence-electron chi connectivity index (χ3n) is 4.38. The molecule has 0 saturated heterocycles. The normalized spacial score (nSPS) is 47.1. The van der Waals surface area contributed by atoms with Crippen molar-refractivity contribution >= 4 is 104 Å². The largest absolute Gasteiger partial charge is 0.140 e. The van der Waals surface area contributed by atoms with Crippen LogP contribution in [0.4, 0.5) is 0 Å². The van der Waals surface area contributed by atoms with Crippen molar-refractivity contribution in [1.82, 2.24) is 0 Å². The highest BCUT2D eigenvalue weighted by Crippen LogP contribution is 2.77. The Bertz CT molecular complexity index is 368. The predicted molar refractivity (Wildman–Crippen MR) is 88.4 cm³/mol. The second-order valence-electron chi connectivity index (χ2n) is 5.01. The molecule has 0 aliphatic heterocycles. The maximum Gasteiger partial charge on any atom is 0.140 e. The van der Waals surface area contributed by atoms with Crippen LogP contribution in [0.3, 0.4) is 0 Å². The summed E-state index contributed by atoms with van der Waals surface area (Å²) in [6.07, 6.45) is 0. The average molecular weight is 448 g/mol. The van der Waals surface area contributed by atoms with E-state index >= 15 is 0 Å². The molecular formula is C10H9Cl9. The molecule has 0 nitrogen and oxygen atoms in total. The van der Waals surface area contributed by atoms with E-state index in [2.05, 4.69) is 0 Å². The molecule has 112 valence electrons. The Hall–Kier alpha value is 2.61. The zero-order valence-corrected chi connectivity index (χ0v) is 16.0. The third kappa shape index (κ3) is 2.15. The van der Waals surface area contributed by atoms with Gasteiger partial charge in [0.25, 0.3) is 0 Å². The summed E-state index contributed by atoms with van der Waals surface area (Å²) in [6.45, 7) is 0. The highest BCUT2D eigenvalue weighted by atomic mass is 35.5. The summed E-state index contributed by atoms with van der Waals surface area (Å²) < 4.78 is -2.57. The number of alkyl halides is 9. The Morgan fingerprint density at radius 1 is 0.895 bits per heavy atom. The summed E-state index contributed by atoms with van der Waals surface area (Å²) in [5.41, 5.74) is -0.819. The molecule has 5 atom stereocenters. The predicted octanol–water partition coefficient (Wildman–Crippen LogP) is 6.09. The summed E-state index contributed by atoms with van der Waals surface area (Å²) in [6, 6.07) is 0. The van der Waals surface area contributed by atoms with Gasteiger partial charge in [-0.1, -0.05) is 23.2 Å². The van der Waals surface area contributed by atoms with Gasteiger partial charge in [-0.2, -0.15) is 0 Å². The molecule has 0 aromatic rings. The van der Waals surface area contributed by atoms with E-state index in [4.69, 9.17) is 104 Å². The molecule has 0 spiro atoms. The second kappa shape index (κ2) is 5.60. The van der Waals surface area contributed by atoms with Crippen LogP contribution in [-0.4, -0.2) is 30.6 Å². The van der Waals surface area contributed by atoms with Crippen LogP contribution in [0.15, 0.2) is 0 Å². The first kappa shape index (κ1) is 18.0. The quantitative estimate of drug-likeness (QED) is 0.459. The molecule has 19 heavy (non-hydrogen) atoms. The first-order valence-corrected chi connectivity index (χ1v) is 9.28. The molecule has 2 rings (SSSR count). The van der Waals surface area contributed by atoms with Crippen LogP contribution in [0, 0.1) is 23.2 Å². The summed E-state index contributed by atoms with van der Waals surface area (Å²) in [7, 11) is 0. The molecule has 0 radical (unpaired) electrons. The van der Waals surface area contributed by atoms with Gasteiger partial charge in [-0.05, 0) is 5.92 Å². The Morgan fingerprint density at radius 2 is 1.42 bits per heavy atom. The van der Waals surface area contributed by atoms with Crippen molar-refractivity contribution in [2.24, 2.45) is 23.2 Å². The fourth-order valence-electron chi connectivity index (χ4n) is 3.52. The minimum Gasteiger partial charge on any atom is -0.126 e. The SMILES string of the molecule is ClCC1C2C(Cl)(Cl)C(Cl)C(C2(Cl)Cl)C1(CCl)C(Cl)Cl. The number of fused-ring (bicyclic) bond motifs is 2. The van der Waals surface area contributed by atoms with Gasteiger partial charge < -0.3 is 0 Å². The molecular weight excluding hydrogens is 439 g/mol. The van der Waals surface area contributed by atoms with Gasteiger partial charge in [0.1, 0.15) is 13.5 Å². The van der Waals surface area contributed by atoms with Crippen molar-refractivity contribution in [3.63, 3.8) is 0 Å². The van der Waals surface area contributed by atoms with Gasteiger partial charge >= 0.3 is 0 Å². The molecule has 5 unspecified atom stereocenters. The molecule has 2 fully saturated rings.